The van der Waals surface area contributed by atoms with Gasteiger partial charge in [0.05, 0.1) is 33.0 Å². The minimum absolute atomic E-state index is 0.128. The molecular formula is C26H26O6. The molecule has 0 fully saturated rings. The first kappa shape index (κ1) is 22.7. The summed E-state index contributed by atoms with van der Waals surface area (Å²) in [5.41, 5.74) is 0.967. The van der Waals surface area contributed by atoms with E-state index in [-0.39, 0.29) is 17.1 Å². The fourth-order valence-electron chi connectivity index (χ4n) is 2.96. The van der Waals surface area contributed by atoms with Gasteiger partial charge in [-0.05, 0) is 48.0 Å². The van der Waals surface area contributed by atoms with E-state index in [0.717, 1.165) is 17.7 Å². The summed E-state index contributed by atoms with van der Waals surface area (Å²) in [6.07, 6.45) is 3.78. The van der Waals surface area contributed by atoms with Crippen LogP contribution in [0.15, 0.2) is 72.8 Å². The smallest absolute Gasteiger partial charge is 0.189 e. The highest BCUT2D eigenvalue weighted by molar-refractivity contribution is 6.08. The predicted molar refractivity (Wildman–Crippen MR) is 123 cm³/mol. The average Bonchev–Trinajstić information content (AvgIpc) is 2.83. The molecule has 3 aromatic carbocycles. The van der Waals surface area contributed by atoms with Gasteiger partial charge in [0.15, 0.2) is 17.3 Å². The minimum Gasteiger partial charge on any atom is -0.507 e. The van der Waals surface area contributed by atoms with Gasteiger partial charge in [-0.3, -0.25) is 4.79 Å². The highest BCUT2D eigenvalue weighted by Gasteiger charge is 2.10. The lowest BCUT2D eigenvalue weighted by Gasteiger charge is -2.12. The van der Waals surface area contributed by atoms with Crippen LogP contribution in [0, 0.1) is 0 Å². The molecular weight excluding hydrogens is 408 g/mol. The van der Waals surface area contributed by atoms with Gasteiger partial charge >= 0.3 is 0 Å². The molecule has 0 atom stereocenters. The number of ether oxygens (including phenoxy) is 4. The lowest BCUT2D eigenvalue weighted by Crippen LogP contribution is -2.05. The minimum atomic E-state index is -0.317. The molecule has 0 bridgehead atoms. The second-order valence-electron chi connectivity index (χ2n) is 6.85. The number of phenols is 1. The molecule has 0 saturated carbocycles. The Kier molecular flexibility index (Phi) is 8.15. The zero-order valence-electron chi connectivity index (χ0n) is 18.1. The molecule has 0 unspecified atom stereocenters. The standard InChI is InChI=1S/C26H26O6/c1-29-21-11-12-22(24(28)18-21)23(27)13-9-19-10-14-25(26(17-19)30-2)32-16-6-15-31-20-7-4-3-5-8-20/h3-5,7-14,17-18,28H,6,15-16H2,1-2H3/b13-9+. The number of aromatic hydroxyl groups is 1. The summed E-state index contributed by atoms with van der Waals surface area (Å²) < 4.78 is 21.9. The number of phenolic OH excluding ortho intramolecular Hbond substituents is 1. The van der Waals surface area contributed by atoms with Gasteiger partial charge in [-0.25, -0.2) is 0 Å². The number of carbonyl (C=O) groups is 1. The van der Waals surface area contributed by atoms with Gasteiger partial charge in [-0.2, -0.15) is 0 Å². The van der Waals surface area contributed by atoms with Crippen LogP contribution in [0.4, 0.5) is 0 Å². The van der Waals surface area contributed by atoms with E-state index in [9.17, 15) is 9.90 Å². The summed E-state index contributed by atoms with van der Waals surface area (Å²) in [6, 6.07) is 19.6. The molecule has 0 heterocycles. The number of allylic oxidation sites excluding steroid dienone is 1. The molecule has 3 rings (SSSR count). The van der Waals surface area contributed by atoms with Crippen molar-refractivity contribution in [1.29, 1.82) is 0 Å². The molecule has 0 spiro atoms. The number of hydrogen-bond acceptors (Lipinski definition) is 6. The van der Waals surface area contributed by atoms with Crippen LogP contribution >= 0.6 is 0 Å². The summed E-state index contributed by atoms with van der Waals surface area (Å²) >= 11 is 0. The van der Waals surface area contributed by atoms with Crippen LogP contribution in [0.25, 0.3) is 6.08 Å². The predicted octanol–water partition coefficient (Wildman–Crippen LogP) is 5.15. The molecule has 0 aliphatic heterocycles. The molecule has 0 radical (unpaired) electrons. The van der Waals surface area contributed by atoms with Crippen molar-refractivity contribution < 1.29 is 28.8 Å². The molecule has 0 aliphatic rings. The molecule has 6 heteroatoms. The highest BCUT2D eigenvalue weighted by atomic mass is 16.5. The van der Waals surface area contributed by atoms with E-state index in [4.69, 9.17) is 18.9 Å². The van der Waals surface area contributed by atoms with Crippen molar-refractivity contribution in [3.8, 4) is 28.7 Å². The first-order chi connectivity index (χ1) is 15.6. The van der Waals surface area contributed by atoms with E-state index in [1.807, 2.05) is 36.4 Å². The Bertz CT molecular complexity index is 1060. The third kappa shape index (κ3) is 6.28. The van der Waals surface area contributed by atoms with Crippen molar-refractivity contribution in [2.75, 3.05) is 27.4 Å². The van der Waals surface area contributed by atoms with Crippen molar-refractivity contribution in [3.63, 3.8) is 0 Å². The molecule has 166 valence electrons. The molecule has 0 amide bonds. The van der Waals surface area contributed by atoms with Gasteiger partial charge in [0.1, 0.15) is 17.2 Å². The van der Waals surface area contributed by atoms with Crippen molar-refractivity contribution in [1.82, 2.24) is 0 Å². The fourth-order valence-corrected chi connectivity index (χ4v) is 2.96. The molecule has 0 aliphatic carbocycles. The number of para-hydroxylation sites is 1. The summed E-state index contributed by atoms with van der Waals surface area (Å²) in [6.45, 7) is 1.03. The van der Waals surface area contributed by atoms with Gasteiger partial charge in [0.2, 0.25) is 0 Å². The Balaban J connectivity index is 1.55. The van der Waals surface area contributed by atoms with Gasteiger partial charge in [0.25, 0.3) is 0 Å². The van der Waals surface area contributed by atoms with E-state index >= 15 is 0 Å². The zero-order valence-corrected chi connectivity index (χ0v) is 18.1. The Morgan fingerprint density at radius 3 is 2.34 bits per heavy atom. The third-order valence-electron chi connectivity index (χ3n) is 4.64. The molecule has 1 N–H and O–H groups in total. The number of benzene rings is 3. The summed E-state index contributed by atoms with van der Waals surface area (Å²) in [5, 5.41) is 10.0. The Morgan fingerprint density at radius 2 is 1.62 bits per heavy atom. The first-order valence-corrected chi connectivity index (χ1v) is 10.2. The molecule has 0 saturated heterocycles. The van der Waals surface area contributed by atoms with Gasteiger partial charge < -0.3 is 24.1 Å². The van der Waals surface area contributed by atoms with E-state index in [1.54, 1.807) is 31.4 Å². The Hall–Kier alpha value is -3.93. The summed E-state index contributed by atoms with van der Waals surface area (Å²) in [5.74, 6) is 2.05. The van der Waals surface area contributed by atoms with E-state index < -0.39 is 0 Å². The second-order valence-corrected chi connectivity index (χ2v) is 6.85. The van der Waals surface area contributed by atoms with Crippen LogP contribution < -0.4 is 18.9 Å². The van der Waals surface area contributed by atoms with E-state index in [2.05, 4.69) is 0 Å². The monoisotopic (exact) mass is 434 g/mol. The number of ketones is 1. The zero-order chi connectivity index (χ0) is 22.8. The lowest BCUT2D eigenvalue weighted by atomic mass is 10.1. The summed E-state index contributed by atoms with van der Waals surface area (Å²) in [4.78, 5) is 12.4. The maximum Gasteiger partial charge on any atom is 0.189 e. The van der Waals surface area contributed by atoms with Crippen LogP contribution in [0.5, 0.6) is 28.7 Å². The average molecular weight is 434 g/mol. The van der Waals surface area contributed by atoms with Gasteiger partial charge in [0, 0.05) is 12.5 Å². The van der Waals surface area contributed by atoms with Crippen molar-refractivity contribution in [3.05, 3.63) is 83.9 Å². The lowest BCUT2D eigenvalue weighted by molar-refractivity contribution is 0.104. The Labute approximate surface area is 187 Å². The molecule has 0 aromatic heterocycles. The van der Waals surface area contributed by atoms with Gasteiger partial charge in [-0.15, -0.1) is 0 Å². The van der Waals surface area contributed by atoms with Crippen molar-refractivity contribution in [2.45, 2.75) is 6.42 Å². The largest absolute Gasteiger partial charge is 0.507 e. The number of hydrogen-bond donors (Lipinski definition) is 1. The van der Waals surface area contributed by atoms with Crippen molar-refractivity contribution in [2.24, 2.45) is 0 Å². The molecule has 3 aromatic rings. The quantitative estimate of drug-likeness (QED) is 0.255. The second kappa shape index (κ2) is 11.5. The first-order valence-electron chi connectivity index (χ1n) is 10.2. The third-order valence-corrected chi connectivity index (χ3v) is 4.64. The fraction of sp³-hybridized carbons (Fsp3) is 0.192. The molecule has 32 heavy (non-hydrogen) atoms. The van der Waals surface area contributed by atoms with Crippen LogP contribution in [-0.2, 0) is 0 Å². The van der Waals surface area contributed by atoms with Crippen LogP contribution in [0.2, 0.25) is 0 Å². The maximum atomic E-state index is 12.4. The van der Waals surface area contributed by atoms with Crippen molar-refractivity contribution >= 4 is 11.9 Å². The van der Waals surface area contributed by atoms with Gasteiger partial charge in [-0.1, -0.05) is 30.3 Å². The van der Waals surface area contributed by atoms with E-state index in [0.29, 0.717) is 30.5 Å². The van der Waals surface area contributed by atoms with E-state index in [1.165, 1.54) is 25.3 Å². The maximum absolute atomic E-state index is 12.4. The van der Waals surface area contributed by atoms with Crippen LogP contribution in [0.1, 0.15) is 22.3 Å². The normalized spacial score (nSPS) is 10.7. The van der Waals surface area contributed by atoms with Crippen LogP contribution in [-0.4, -0.2) is 38.3 Å². The molecule has 6 nitrogen and oxygen atoms in total. The number of carbonyl (C=O) groups excluding carboxylic acids is 1. The number of methoxy groups -OCH3 is 2. The topological polar surface area (TPSA) is 74.2 Å². The Morgan fingerprint density at radius 1 is 0.844 bits per heavy atom. The number of rotatable bonds is 11. The van der Waals surface area contributed by atoms with Crippen LogP contribution in [0.3, 0.4) is 0 Å². The summed E-state index contributed by atoms with van der Waals surface area (Å²) in [7, 11) is 3.06. The highest BCUT2D eigenvalue weighted by Crippen LogP contribution is 2.29. The SMILES string of the molecule is COc1ccc(C(=O)/C=C/c2ccc(OCCCOc3ccccc3)c(OC)c2)c(O)c1.